The fraction of sp³-hybridized carbons (Fsp3) is 0.273. The van der Waals surface area contributed by atoms with Gasteiger partial charge >= 0.3 is 5.97 Å². The highest BCUT2D eigenvalue weighted by Gasteiger charge is 2.31. The Labute approximate surface area is 164 Å². The minimum Gasteiger partial charge on any atom is -0.489 e. The van der Waals surface area contributed by atoms with Crippen LogP contribution in [0, 0.1) is 0 Å². The third kappa shape index (κ3) is 4.40. The molecule has 5 heteroatoms. The topological polar surface area (TPSA) is 48.4 Å². The van der Waals surface area contributed by atoms with Gasteiger partial charge in [-0.3, -0.25) is 9.78 Å². The molecule has 0 amide bonds. The number of carbonyl (C=O) groups is 1. The van der Waals surface area contributed by atoms with E-state index in [1.54, 1.807) is 13.1 Å². The lowest BCUT2D eigenvalue weighted by atomic mass is 9.85. The summed E-state index contributed by atoms with van der Waals surface area (Å²) in [6, 6.07) is 15.3. The van der Waals surface area contributed by atoms with Gasteiger partial charge in [0.25, 0.3) is 0 Å². The first-order valence-electron chi connectivity index (χ1n) is 8.85. The van der Waals surface area contributed by atoms with Gasteiger partial charge in [0.15, 0.2) is 0 Å². The van der Waals surface area contributed by atoms with Gasteiger partial charge in [-0.05, 0) is 62.2 Å². The van der Waals surface area contributed by atoms with Crippen molar-refractivity contribution in [2.75, 3.05) is 6.61 Å². The molecule has 27 heavy (non-hydrogen) atoms. The molecular weight excluding hydrogens is 362 g/mol. The van der Waals surface area contributed by atoms with Crippen LogP contribution in [0.2, 0.25) is 5.02 Å². The highest BCUT2D eigenvalue weighted by atomic mass is 35.5. The van der Waals surface area contributed by atoms with Crippen LogP contribution in [0.1, 0.15) is 31.9 Å². The minimum atomic E-state index is -0.751. The van der Waals surface area contributed by atoms with Crippen molar-refractivity contribution in [3.8, 4) is 5.75 Å². The molecule has 0 radical (unpaired) electrons. The van der Waals surface area contributed by atoms with E-state index in [1.807, 2.05) is 62.4 Å². The molecule has 2 aromatic carbocycles. The largest absolute Gasteiger partial charge is 0.489 e. The number of benzene rings is 2. The van der Waals surface area contributed by atoms with E-state index in [4.69, 9.17) is 21.1 Å². The van der Waals surface area contributed by atoms with E-state index in [2.05, 4.69) is 4.98 Å². The molecule has 0 spiro atoms. The molecular formula is C22H22ClNO3. The van der Waals surface area contributed by atoms with Crippen molar-refractivity contribution >= 4 is 28.5 Å². The van der Waals surface area contributed by atoms with Gasteiger partial charge in [-0.1, -0.05) is 23.7 Å². The maximum absolute atomic E-state index is 12.2. The first-order chi connectivity index (χ1) is 12.9. The van der Waals surface area contributed by atoms with Crippen LogP contribution in [0.3, 0.4) is 0 Å². The molecule has 3 aromatic rings. The van der Waals surface area contributed by atoms with Crippen LogP contribution in [0.15, 0.2) is 54.7 Å². The van der Waals surface area contributed by atoms with Crippen LogP contribution in [-0.2, 0) is 21.6 Å². The smallest absolute Gasteiger partial charge is 0.316 e. The summed E-state index contributed by atoms with van der Waals surface area (Å²) in [6.07, 6.45) is 1.72. The number of halogens is 1. The van der Waals surface area contributed by atoms with E-state index >= 15 is 0 Å². The van der Waals surface area contributed by atoms with Crippen LogP contribution in [0.25, 0.3) is 10.9 Å². The number of rotatable bonds is 6. The molecule has 4 nitrogen and oxygen atoms in total. The first kappa shape index (κ1) is 19.2. The Morgan fingerprint density at radius 2 is 1.96 bits per heavy atom. The van der Waals surface area contributed by atoms with Gasteiger partial charge < -0.3 is 9.47 Å². The second-order valence-corrected chi connectivity index (χ2v) is 7.28. The third-order valence-electron chi connectivity index (χ3n) is 4.46. The summed E-state index contributed by atoms with van der Waals surface area (Å²) in [4.78, 5) is 16.7. The summed E-state index contributed by atoms with van der Waals surface area (Å²) in [5, 5.41) is 1.63. The van der Waals surface area contributed by atoms with Crippen LogP contribution in [-0.4, -0.2) is 17.6 Å². The summed E-state index contributed by atoms with van der Waals surface area (Å²) in [5.41, 5.74) is 1.88. The van der Waals surface area contributed by atoms with Gasteiger partial charge in [0, 0.05) is 22.7 Å². The van der Waals surface area contributed by atoms with Crippen molar-refractivity contribution in [2.24, 2.45) is 0 Å². The zero-order valence-corrected chi connectivity index (χ0v) is 16.4. The van der Waals surface area contributed by atoms with Crippen molar-refractivity contribution in [3.05, 3.63) is 70.9 Å². The van der Waals surface area contributed by atoms with Crippen LogP contribution in [0.4, 0.5) is 0 Å². The molecule has 0 aliphatic carbocycles. The predicted octanol–water partition coefficient (Wildman–Crippen LogP) is 5.31. The number of ether oxygens (including phenoxy) is 2. The van der Waals surface area contributed by atoms with Crippen LogP contribution < -0.4 is 4.74 Å². The number of pyridine rings is 1. The molecule has 0 atom stereocenters. The van der Waals surface area contributed by atoms with Crippen LogP contribution >= 0.6 is 11.6 Å². The number of hydrogen-bond acceptors (Lipinski definition) is 4. The lowest BCUT2D eigenvalue weighted by Gasteiger charge is -2.22. The number of esters is 1. The Bertz CT molecular complexity index is 969. The van der Waals surface area contributed by atoms with Crippen molar-refractivity contribution in [3.63, 3.8) is 0 Å². The summed E-state index contributed by atoms with van der Waals surface area (Å²) in [5.74, 6) is 0.472. The number of carbonyl (C=O) groups excluding carboxylic acids is 1. The van der Waals surface area contributed by atoms with Gasteiger partial charge in [0.2, 0.25) is 0 Å². The standard InChI is InChI=1S/C22H22ClNO3/c1-4-26-21(25)22(2,3)17-11-16-8-9-19(12-20(16)24-13-17)27-14-15-6-5-7-18(23)10-15/h5-13H,4,14H2,1-3H3. The molecule has 1 heterocycles. The molecule has 0 saturated carbocycles. The summed E-state index contributed by atoms with van der Waals surface area (Å²) < 4.78 is 11.0. The second kappa shape index (κ2) is 7.97. The molecule has 0 bridgehead atoms. The Hall–Kier alpha value is -2.59. The first-order valence-corrected chi connectivity index (χ1v) is 9.22. The molecule has 0 aliphatic rings. The molecule has 3 rings (SSSR count). The molecule has 0 N–H and O–H groups in total. The number of fused-ring (bicyclic) bond motifs is 1. The Kier molecular flexibility index (Phi) is 5.66. The van der Waals surface area contributed by atoms with E-state index in [0.717, 1.165) is 27.8 Å². The molecule has 0 fully saturated rings. The van der Waals surface area contributed by atoms with Gasteiger partial charge in [-0.25, -0.2) is 0 Å². The maximum Gasteiger partial charge on any atom is 0.316 e. The summed E-state index contributed by atoms with van der Waals surface area (Å²) in [6.45, 7) is 6.28. The molecule has 0 aliphatic heterocycles. The monoisotopic (exact) mass is 383 g/mol. The van der Waals surface area contributed by atoms with E-state index in [9.17, 15) is 4.79 Å². The molecule has 1 aromatic heterocycles. The highest BCUT2D eigenvalue weighted by molar-refractivity contribution is 6.30. The zero-order chi connectivity index (χ0) is 19.4. The number of aromatic nitrogens is 1. The average molecular weight is 384 g/mol. The average Bonchev–Trinajstić information content (AvgIpc) is 2.66. The lowest BCUT2D eigenvalue weighted by Crippen LogP contribution is -2.31. The van der Waals surface area contributed by atoms with Gasteiger partial charge in [-0.2, -0.15) is 0 Å². The van der Waals surface area contributed by atoms with E-state index in [-0.39, 0.29) is 5.97 Å². The van der Waals surface area contributed by atoms with E-state index in [1.165, 1.54) is 0 Å². The van der Waals surface area contributed by atoms with E-state index in [0.29, 0.717) is 18.2 Å². The van der Waals surface area contributed by atoms with Crippen molar-refractivity contribution in [2.45, 2.75) is 32.8 Å². The maximum atomic E-state index is 12.2. The molecule has 0 saturated heterocycles. The molecule has 0 unspecified atom stereocenters. The Morgan fingerprint density at radius 1 is 1.15 bits per heavy atom. The van der Waals surface area contributed by atoms with Gasteiger partial charge in [0.05, 0.1) is 17.5 Å². The van der Waals surface area contributed by atoms with Gasteiger partial charge in [0.1, 0.15) is 12.4 Å². The number of nitrogens with zero attached hydrogens (tertiary/aromatic N) is 1. The van der Waals surface area contributed by atoms with Crippen molar-refractivity contribution < 1.29 is 14.3 Å². The fourth-order valence-electron chi connectivity index (χ4n) is 2.76. The van der Waals surface area contributed by atoms with Crippen molar-refractivity contribution in [1.82, 2.24) is 4.98 Å². The van der Waals surface area contributed by atoms with Crippen LogP contribution in [0.5, 0.6) is 5.75 Å². The lowest BCUT2D eigenvalue weighted by molar-refractivity contribution is -0.148. The zero-order valence-electron chi connectivity index (χ0n) is 15.7. The minimum absolute atomic E-state index is 0.257. The molecule has 140 valence electrons. The normalized spacial score (nSPS) is 11.4. The predicted molar refractivity (Wildman–Crippen MR) is 107 cm³/mol. The van der Waals surface area contributed by atoms with E-state index < -0.39 is 5.41 Å². The second-order valence-electron chi connectivity index (χ2n) is 6.84. The Balaban J connectivity index is 1.80. The Morgan fingerprint density at radius 3 is 2.70 bits per heavy atom. The SMILES string of the molecule is CCOC(=O)C(C)(C)c1cnc2cc(OCc3cccc(Cl)c3)ccc2c1. The summed E-state index contributed by atoms with van der Waals surface area (Å²) >= 11 is 6.00. The van der Waals surface area contributed by atoms with Crippen molar-refractivity contribution in [1.29, 1.82) is 0 Å². The number of hydrogen-bond donors (Lipinski definition) is 0. The summed E-state index contributed by atoms with van der Waals surface area (Å²) in [7, 11) is 0. The van der Waals surface area contributed by atoms with Gasteiger partial charge in [-0.15, -0.1) is 0 Å². The third-order valence-corrected chi connectivity index (χ3v) is 4.69. The highest BCUT2D eigenvalue weighted by Crippen LogP contribution is 2.28. The fourth-order valence-corrected chi connectivity index (χ4v) is 2.97. The quantitative estimate of drug-likeness (QED) is 0.541.